The fraction of sp³-hybridized carbons (Fsp3) is 0.900. The zero-order valence-electron chi connectivity index (χ0n) is 8.60. The van der Waals surface area contributed by atoms with Crippen LogP contribution in [0.3, 0.4) is 0 Å². The van der Waals surface area contributed by atoms with Gasteiger partial charge in [0.05, 0.1) is 5.92 Å². The van der Waals surface area contributed by atoms with Gasteiger partial charge in [0, 0.05) is 13.1 Å². The Hall–Kier alpha value is -0.570. The van der Waals surface area contributed by atoms with E-state index in [9.17, 15) is 4.79 Å². The van der Waals surface area contributed by atoms with E-state index in [-0.39, 0.29) is 11.8 Å². The van der Waals surface area contributed by atoms with Crippen molar-refractivity contribution in [2.24, 2.45) is 5.92 Å². The van der Waals surface area contributed by atoms with Crippen LogP contribution >= 0.6 is 0 Å². The van der Waals surface area contributed by atoms with E-state index >= 15 is 0 Å². The van der Waals surface area contributed by atoms with Gasteiger partial charge in [0.25, 0.3) is 0 Å². The van der Waals surface area contributed by atoms with Crippen LogP contribution in [0.2, 0.25) is 0 Å². The van der Waals surface area contributed by atoms with Crippen molar-refractivity contribution in [2.75, 3.05) is 13.6 Å². The van der Waals surface area contributed by atoms with Crippen molar-refractivity contribution < 1.29 is 4.79 Å². The van der Waals surface area contributed by atoms with Crippen molar-refractivity contribution in [3.05, 3.63) is 0 Å². The van der Waals surface area contributed by atoms with Gasteiger partial charge >= 0.3 is 0 Å². The molecule has 1 rings (SSSR count). The molecule has 1 aliphatic heterocycles. The Labute approximate surface area is 80.3 Å². The van der Waals surface area contributed by atoms with Gasteiger partial charge in [-0.05, 0) is 25.8 Å². The van der Waals surface area contributed by atoms with Gasteiger partial charge in [-0.15, -0.1) is 0 Å². The lowest BCUT2D eigenvalue weighted by atomic mass is 9.87. The summed E-state index contributed by atoms with van der Waals surface area (Å²) < 4.78 is 0. The van der Waals surface area contributed by atoms with E-state index < -0.39 is 0 Å². The first-order chi connectivity index (χ1) is 6.29. The normalized spacial score (nSPS) is 28.5. The van der Waals surface area contributed by atoms with Crippen LogP contribution in [-0.4, -0.2) is 25.5 Å². The standard InChI is InChI=1S/C10H20N2O/c1-3-5-9-8(10(13)11-2)6-4-7-12-9/h8-9,12H,3-7H2,1-2H3,(H,11,13)/t8-,9?/m0/s1. The molecule has 0 aromatic rings. The molecule has 76 valence electrons. The lowest BCUT2D eigenvalue weighted by Crippen LogP contribution is -2.47. The van der Waals surface area contributed by atoms with Gasteiger partial charge in [-0.3, -0.25) is 4.79 Å². The fourth-order valence-electron chi connectivity index (χ4n) is 2.07. The first-order valence-electron chi connectivity index (χ1n) is 5.24. The van der Waals surface area contributed by atoms with E-state index in [0.29, 0.717) is 6.04 Å². The number of carbonyl (C=O) groups excluding carboxylic acids is 1. The second-order valence-electron chi connectivity index (χ2n) is 3.71. The molecular weight excluding hydrogens is 164 g/mol. The second kappa shape index (κ2) is 5.22. The molecule has 1 heterocycles. The molecule has 3 heteroatoms. The summed E-state index contributed by atoms with van der Waals surface area (Å²) in [5, 5.41) is 6.17. The molecule has 1 saturated heterocycles. The Balaban J connectivity index is 2.50. The van der Waals surface area contributed by atoms with E-state index in [4.69, 9.17) is 0 Å². The van der Waals surface area contributed by atoms with Crippen molar-refractivity contribution in [1.82, 2.24) is 10.6 Å². The van der Waals surface area contributed by atoms with Crippen LogP contribution < -0.4 is 10.6 Å². The number of nitrogens with one attached hydrogen (secondary N) is 2. The van der Waals surface area contributed by atoms with Crippen LogP contribution in [0.1, 0.15) is 32.6 Å². The van der Waals surface area contributed by atoms with Crippen molar-refractivity contribution >= 4 is 5.91 Å². The zero-order chi connectivity index (χ0) is 9.68. The Bertz CT molecular complexity index is 168. The van der Waals surface area contributed by atoms with Gasteiger partial charge in [-0.1, -0.05) is 13.3 Å². The predicted molar refractivity (Wildman–Crippen MR) is 53.5 cm³/mol. The smallest absolute Gasteiger partial charge is 0.224 e. The molecule has 2 N–H and O–H groups in total. The maximum absolute atomic E-state index is 11.5. The summed E-state index contributed by atoms with van der Waals surface area (Å²) in [7, 11) is 1.72. The molecule has 0 bridgehead atoms. The topological polar surface area (TPSA) is 41.1 Å². The Kier molecular flexibility index (Phi) is 4.22. The molecular formula is C10H20N2O. The first kappa shape index (κ1) is 10.5. The van der Waals surface area contributed by atoms with Crippen LogP contribution in [0.15, 0.2) is 0 Å². The Morgan fingerprint density at radius 3 is 3.00 bits per heavy atom. The lowest BCUT2D eigenvalue weighted by molar-refractivity contribution is -0.126. The molecule has 1 amide bonds. The Morgan fingerprint density at radius 2 is 2.38 bits per heavy atom. The number of carbonyl (C=O) groups is 1. The number of piperidine rings is 1. The van der Waals surface area contributed by atoms with Crippen LogP contribution in [0.25, 0.3) is 0 Å². The molecule has 2 atom stereocenters. The fourth-order valence-corrected chi connectivity index (χ4v) is 2.07. The van der Waals surface area contributed by atoms with E-state index in [1.807, 2.05) is 0 Å². The SMILES string of the molecule is CCCC1NCCC[C@@H]1C(=O)NC. The molecule has 13 heavy (non-hydrogen) atoms. The minimum Gasteiger partial charge on any atom is -0.359 e. The maximum atomic E-state index is 11.5. The van der Waals surface area contributed by atoms with Crippen molar-refractivity contribution in [3.8, 4) is 0 Å². The third-order valence-electron chi connectivity index (χ3n) is 2.77. The minimum absolute atomic E-state index is 0.193. The molecule has 0 saturated carbocycles. The van der Waals surface area contributed by atoms with Crippen LogP contribution in [0.5, 0.6) is 0 Å². The average molecular weight is 184 g/mol. The van der Waals surface area contributed by atoms with Crippen LogP contribution in [-0.2, 0) is 4.79 Å². The van der Waals surface area contributed by atoms with Gasteiger partial charge in [-0.2, -0.15) is 0 Å². The highest BCUT2D eigenvalue weighted by atomic mass is 16.1. The molecule has 1 unspecified atom stereocenters. The summed E-state index contributed by atoms with van der Waals surface area (Å²) in [5.41, 5.74) is 0. The molecule has 0 aromatic heterocycles. The average Bonchev–Trinajstić information content (AvgIpc) is 2.18. The lowest BCUT2D eigenvalue weighted by Gasteiger charge is -2.31. The van der Waals surface area contributed by atoms with E-state index in [0.717, 1.165) is 32.2 Å². The van der Waals surface area contributed by atoms with E-state index in [1.165, 1.54) is 0 Å². The van der Waals surface area contributed by atoms with Gasteiger partial charge in [0.15, 0.2) is 0 Å². The van der Waals surface area contributed by atoms with Gasteiger partial charge in [0.2, 0.25) is 5.91 Å². The highest BCUT2D eigenvalue weighted by molar-refractivity contribution is 5.79. The third kappa shape index (κ3) is 2.69. The van der Waals surface area contributed by atoms with E-state index in [1.54, 1.807) is 7.05 Å². The summed E-state index contributed by atoms with van der Waals surface area (Å²) in [6.07, 6.45) is 4.42. The third-order valence-corrected chi connectivity index (χ3v) is 2.77. The van der Waals surface area contributed by atoms with Gasteiger partial charge < -0.3 is 10.6 Å². The second-order valence-corrected chi connectivity index (χ2v) is 3.71. The minimum atomic E-state index is 0.193. The van der Waals surface area contributed by atoms with Crippen LogP contribution in [0.4, 0.5) is 0 Å². The van der Waals surface area contributed by atoms with Crippen molar-refractivity contribution in [3.63, 3.8) is 0 Å². The van der Waals surface area contributed by atoms with Gasteiger partial charge in [-0.25, -0.2) is 0 Å². The number of hydrogen-bond acceptors (Lipinski definition) is 2. The monoisotopic (exact) mass is 184 g/mol. The molecule has 0 aromatic carbocycles. The van der Waals surface area contributed by atoms with Crippen LogP contribution in [0, 0.1) is 5.92 Å². The molecule has 0 aliphatic carbocycles. The predicted octanol–water partition coefficient (Wildman–Crippen LogP) is 0.901. The summed E-state index contributed by atoms with van der Waals surface area (Å²) in [4.78, 5) is 11.5. The van der Waals surface area contributed by atoms with E-state index in [2.05, 4.69) is 17.6 Å². The van der Waals surface area contributed by atoms with Gasteiger partial charge in [0.1, 0.15) is 0 Å². The molecule has 0 spiro atoms. The molecule has 0 radical (unpaired) electrons. The Morgan fingerprint density at radius 1 is 1.62 bits per heavy atom. The van der Waals surface area contributed by atoms with Crippen molar-refractivity contribution in [2.45, 2.75) is 38.6 Å². The van der Waals surface area contributed by atoms with Crippen molar-refractivity contribution in [1.29, 1.82) is 0 Å². The first-order valence-corrected chi connectivity index (χ1v) is 5.24. The largest absolute Gasteiger partial charge is 0.359 e. The summed E-state index contributed by atoms with van der Waals surface area (Å²) in [6.45, 7) is 3.23. The number of amides is 1. The highest BCUT2D eigenvalue weighted by Gasteiger charge is 2.28. The molecule has 3 nitrogen and oxygen atoms in total. The zero-order valence-corrected chi connectivity index (χ0v) is 8.60. The quantitative estimate of drug-likeness (QED) is 0.684. The number of hydrogen-bond donors (Lipinski definition) is 2. The summed E-state index contributed by atoms with van der Waals surface area (Å²) in [6, 6.07) is 0.402. The summed E-state index contributed by atoms with van der Waals surface area (Å²) >= 11 is 0. The number of rotatable bonds is 3. The molecule has 1 aliphatic rings. The highest BCUT2D eigenvalue weighted by Crippen LogP contribution is 2.19. The maximum Gasteiger partial charge on any atom is 0.224 e. The summed E-state index contributed by atoms with van der Waals surface area (Å²) in [5.74, 6) is 0.393. The molecule has 1 fully saturated rings.